The van der Waals surface area contributed by atoms with Gasteiger partial charge in [0.1, 0.15) is 36.9 Å². The second kappa shape index (κ2) is 35.4. The fourth-order valence-electron chi connectivity index (χ4n) is 11.9. The van der Waals surface area contributed by atoms with E-state index < -0.39 is 6.10 Å². The number of pyridine rings is 2. The lowest BCUT2D eigenvalue weighted by molar-refractivity contribution is -0.127. The summed E-state index contributed by atoms with van der Waals surface area (Å²) in [5.74, 6) is 2.28. The number of carbonyl (C=O) groups is 2. The van der Waals surface area contributed by atoms with Crippen LogP contribution in [-0.2, 0) is 40.0 Å². The number of aliphatic hydroxyl groups excluding tert-OH is 1. The summed E-state index contributed by atoms with van der Waals surface area (Å²) in [6.07, 6.45) is 19.3. The molecule has 0 saturated carbocycles. The van der Waals surface area contributed by atoms with Crippen molar-refractivity contribution in [2.75, 3.05) is 59.6 Å². The van der Waals surface area contributed by atoms with Gasteiger partial charge in [-0.1, -0.05) is 133 Å². The van der Waals surface area contributed by atoms with Crippen LogP contribution in [-0.4, -0.2) is 121 Å². The van der Waals surface area contributed by atoms with Crippen LogP contribution in [0.25, 0.3) is 21.8 Å². The van der Waals surface area contributed by atoms with Gasteiger partial charge >= 0.3 is 0 Å². The number of benzene rings is 6. The Bertz CT molecular complexity index is 3130. The predicted octanol–water partition coefficient (Wildman–Crippen LogP) is 13.1. The van der Waals surface area contributed by atoms with Crippen molar-refractivity contribution < 1.29 is 28.9 Å². The highest BCUT2D eigenvalue weighted by Gasteiger charge is 2.27. The SMILES string of the molecule is CN1CCC(NC(=O)C(CCCc2ccccc2)CCCc2ccccc2)CC1.O=C(NC1CCN(C[C@H](O)COc2cccc3ncccc23)CC1)C(CCCc1ccccc1)CCCc1ccccc1.c1cc(OC[C@H]2CO2)c2cccnc2c1. The average Bonchev–Trinajstić information content (AvgIpc) is 4.28. The third-order valence-electron chi connectivity index (χ3n) is 17.1. The number of carbonyl (C=O) groups excluding carboxylic acids is 2. The van der Waals surface area contributed by atoms with Gasteiger partial charge in [-0.15, -0.1) is 0 Å². The smallest absolute Gasteiger partial charge is 0.223 e. The molecule has 2 atom stereocenters. The Kier molecular flexibility index (Phi) is 26.0. The number of β-amino-alcohol motifs (C(OH)–C–C–N with tert-alkyl or cyclic N) is 1. The van der Waals surface area contributed by atoms with Gasteiger partial charge in [-0.05, 0) is 194 Å². The molecular formula is C75H92N6O6. The highest BCUT2D eigenvalue weighted by atomic mass is 16.6. The Hall–Kier alpha value is -7.48. The third-order valence-corrected chi connectivity index (χ3v) is 17.1. The van der Waals surface area contributed by atoms with E-state index in [4.69, 9.17) is 14.2 Å². The molecule has 12 nitrogen and oxygen atoms in total. The minimum atomic E-state index is -0.586. The van der Waals surface area contributed by atoms with Crippen LogP contribution in [0.15, 0.2) is 194 Å². The molecule has 11 rings (SSSR count). The van der Waals surface area contributed by atoms with Gasteiger partial charge in [-0.2, -0.15) is 0 Å². The summed E-state index contributed by atoms with van der Waals surface area (Å²) in [6, 6.07) is 62.4. The summed E-state index contributed by atoms with van der Waals surface area (Å²) >= 11 is 0. The number of likely N-dealkylation sites (tertiary alicyclic amines) is 2. The first-order chi connectivity index (χ1) is 42.8. The van der Waals surface area contributed by atoms with Gasteiger partial charge < -0.3 is 39.8 Å². The van der Waals surface area contributed by atoms with Crippen molar-refractivity contribution in [1.29, 1.82) is 0 Å². The molecule has 2 aromatic heterocycles. The van der Waals surface area contributed by atoms with Gasteiger partial charge in [-0.3, -0.25) is 19.6 Å². The number of amides is 2. The summed E-state index contributed by atoms with van der Waals surface area (Å²) in [5, 5.41) is 19.5. The highest BCUT2D eigenvalue weighted by Crippen LogP contribution is 2.27. The molecule has 3 saturated heterocycles. The molecule has 0 unspecified atom stereocenters. The van der Waals surface area contributed by atoms with Crippen molar-refractivity contribution in [3.05, 3.63) is 217 Å². The van der Waals surface area contributed by atoms with E-state index in [1.54, 1.807) is 12.4 Å². The number of ether oxygens (including phenoxy) is 3. The molecule has 0 spiro atoms. The van der Waals surface area contributed by atoms with Crippen molar-refractivity contribution in [3.8, 4) is 11.5 Å². The van der Waals surface area contributed by atoms with E-state index in [0.717, 1.165) is 169 Å². The fourth-order valence-corrected chi connectivity index (χ4v) is 11.9. The van der Waals surface area contributed by atoms with E-state index in [-0.39, 0.29) is 42.4 Å². The number of nitrogens with zero attached hydrogens (tertiary/aromatic N) is 4. The summed E-state index contributed by atoms with van der Waals surface area (Å²) < 4.78 is 16.7. The molecule has 3 fully saturated rings. The quantitative estimate of drug-likeness (QED) is 0.0406. The molecule has 87 heavy (non-hydrogen) atoms. The minimum absolute atomic E-state index is 0.0358. The summed E-state index contributed by atoms with van der Waals surface area (Å²) in [6.45, 7) is 6.12. The van der Waals surface area contributed by atoms with Crippen molar-refractivity contribution >= 4 is 33.6 Å². The normalized spacial score (nSPS) is 15.9. The zero-order chi connectivity index (χ0) is 60.1. The first-order valence-electron chi connectivity index (χ1n) is 32.2. The Morgan fingerprint density at radius 3 is 1.31 bits per heavy atom. The van der Waals surface area contributed by atoms with Gasteiger partial charge in [0.05, 0.1) is 17.6 Å². The largest absolute Gasteiger partial charge is 0.490 e. The van der Waals surface area contributed by atoms with Crippen LogP contribution in [0.2, 0.25) is 0 Å². The number of epoxide rings is 1. The van der Waals surface area contributed by atoms with Crippen LogP contribution in [0.5, 0.6) is 11.5 Å². The summed E-state index contributed by atoms with van der Waals surface area (Å²) in [7, 11) is 2.16. The molecule has 0 aliphatic carbocycles. The number of hydrogen-bond acceptors (Lipinski definition) is 10. The lowest BCUT2D eigenvalue weighted by Gasteiger charge is -2.34. The third kappa shape index (κ3) is 22.3. The van der Waals surface area contributed by atoms with Gasteiger partial charge in [0.25, 0.3) is 0 Å². The Morgan fingerprint density at radius 1 is 0.517 bits per heavy atom. The van der Waals surface area contributed by atoms with Crippen molar-refractivity contribution in [2.24, 2.45) is 11.8 Å². The molecule has 3 aliphatic heterocycles. The zero-order valence-corrected chi connectivity index (χ0v) is 51.2. The lowest BCUT2D eigenvalue weighted by Crippen LogP contribution is -2.48. The molecule has 12 heteroatoms. The van der Waals surface area contributed by atoms with Crippen LogP contribution in [0, 0.1) is 11.8 Å². The summed E-state index contributed by atoms with van der Waals surface area (Å²) in [5.41, 5.74) is 7.25. The van der Waals surface area contributed by atoms with Crippen LogP contribution in [0.1, 0.15) is 99.3 Å². The number of fused-ring (bicyclic) bond motifs is 2. The number of aromatic nitrogens is 2. The fraction of sp³-hybridized carbons (Fsp3) is 0.413. The van der Waals surface area contributed by atoms with Crippen LogP contribution in [0.3, 0.4) is 0 Å². The molecule has 0 bridgehead atoms. The minimum Gasteiger partial charge on any atom is -0.490 e. The van der Waals surface area contributed by atoms with E-state index >= 15 is 0 Å². The van der Waals surface area contributed by atoms with Gasteiger partial charge in [0.2, 0.25) is 11.8 Å². The van der Waals surface area contributed by atoms with Crippen LogP contribution in [0.4, 0.5) is 0 Å². The maximum Gasteiger partial charge on any atom is 0.223 e. The predicted molar refractivity (Wildman–Crippen MR) is 351 cm³/mol. The average molecular weight is 1170 g/mol. The van der Waals surface area contributed by atoms with E-state index in [1.807, 2.05) is 72.8 Å². The van der Waals surface area contributed by atoms with Crippen molar-refractivity contribution in [1.82, 2.24) is 30.4 Å². The molecule has 5 heterocycles. The second-order valence-electron chi connectivity index (χ2n) is 24.0. The molecule has 2 amide bonds. The zero-order valence-electron chi connectivity index (χ0n) is 51.2. The highest BCUT2D eigenvalue weighted by molar-refractivity contribution is 5.85. The number of aliphatic hydroxyl groups is 1. The molecule has 3 aliphatic rings. The molecule has 6 aromatic carbocycles. The van der Waals surface area contributed by atoms with Gasteiger partial charge in [0, 0.05) is 66.7 Å². The number of nitrogens with one attached hydrogen (secondary N) is 2. The summed E-state index contributed by atoms with van der Waals surface area (Å²) in [4.78, 5) is 39.8. The molecule has 8 aromatic rings. The van der Waals surface area contributed by atoms with Gasteiger partial charge in [0.15, 0.2) is 0 Å². The van der Waals surface area contributed by atoms with E-state index in [0.29, 0.717) is 19.2 Å². The molecule has 0 radical (unpaired) electrons. The number of aryl methyl sites for hydroxylation is 4. The van der Waals surface area contributed by atoms with Crippen molar-refractivity contribution in [3.63, 3.8) is 0 Å². The first kappa shape index (κ1) is 64.0. The van der Waals surface area contributed by atoms with Crippen molar-refractivity contribution in [2.45, 2.75) is 127 Å². The number of hydrogen-bond donors (Lipinski definition) is 3. The van der Waals surface area contributed by atoms with E-state index in [1.165, 1.54) is 22.3 Å². The van der Waals surface area contributed by atoms with E-state index in [9.17, 15) is 14.7 Å². The Morgan fingerprint density at radius 2 is 0.908 bits per heavy atom. The standard InChI is InChI=1S/C37H45N3O3.C26H36N2O.C12H11NO2/c41-33(28-43-36-21-9-20-35-34(36)19-10-24-38-35)27-40-25-22-32(23-26-40)39-37(42)31(17-7-15-29-11-3-1-4-12-29)18-8-16-30-13-5-2-6-14-30;1-28-20-18-25(19-21-28)27-26(29)24(16-8-14-22-10-4-2-5-11-22)17-9-15-23-12-6-3-7-13-23;1-4-11-10(3-2-6-13-11)12(5-1)15-8-9-7-14-9/h1-6,9-14,19-21,24,31-33,41H,7-8,15-18,22-23,25-28H2,(H,39,42);2-7,10-13,24-25H,8-9,14-21H2,1H3,(H,27,29);1-6,9H,7-8H2/t33-;;9-/m0.1/s1. The molecule has 458 valence electrons. The van der Waals surface area contributed by atoms with Crippen LogP contribution >= 0.6 is 0 Å². The van der Waals surface area contributed by atoms with E-state index in [2.05, 4.69) is 147 Å². The molecule has 3 N–H and O–H groups in total. The number of piperidine rings is 2. The first-order valence-corrected chi connectivity index (χ1v) is 32.2. The molecular weight excluding hydrogens is 1080 g/mol. The maximum atomic E-state index is 13.5. The monoisotopic (exact) mass is 1170 g/mol. The number of rotatable bonds is 28. The lowest BCUT2D eigenvalue weighted by atomic mass is 9.92. The second-order valence-corrected chi connectivity index (χ2v) is 24.0. The topological polar surface area (TPSA) is 142 Å². The van der Waals surface area contributed by atoms with Gasteiger partial charge in [-0.25, -0.2) is 0 Å². The Balaban J connectivity index is 0.000000175. The van der Waals surface area contributed by atoms with Crippen LogP contribution < -0.4 is 20.1 Å². The Labute approximate surface area is 517 Å². The maximum absolute atomic E-state index is 13.5.